The van der Waals surface area contributed by atoms with Crippen molar-refractivity contribution in [3.8, 4) is 11.3 Å². The van der Waals surface area contributed by atoms with Crippen LogP contribution in [0.2, 0.25) is 0 Å². The highest BCUT2D eigenvalue weighted by molar-refractivity contribution is 5.64. The third-order valence-electron chi connectivity index (χ3n) is 2.22. The maximum Gasteiger partial charge on any atom is 0.124 e. The van der Waals surface area contributed by atoms with Crippen molar-refractivity contribution in [3.05, 3.63) is 47.8 Å². The second-order valence-electron chi connectivity index (χ2n) is 3.41. The summed E-state index contributed by atoms with van der Waals surface area (Å²) in [5.41, 5.74) is 8.06. The molecule has 0 aliphatic heterocycles. The molecule has 1 heterocycles. The van der Waals surface area contributed by atoms with E-state index >= 15 is 0 Å². The number of halogens is 1. The first-order valence-corrected chi connectivity index (χ1v) is 4.66. The quantitative estimate of drug-likeness (QED) is 0.772. The Balaban J connectivity index is 2.58. The van der Waals surface area contributed by atoms with Crippen LogP contribution in [0.5, 0.6) is 0 Å². The summed E-state index contributed by atoms with van der Waals surface area (Å²) in [6.45, 7) is 1.92. The van der Waals surface area contributed by atoms with Gasteiger partial charge in [0.15, 0.2) is 0 Å². The van der Waals surface area contributed by atoms with Gasteiger partial charge in [0.2, 0.25) is 0 Å². The summed E-state index contributed by atoms with van der Waals surface area (Å²) in [5.74, 6) is 0.177. The summed E-state index contributed by atoms with van der Waals surface area (Å²) in [6.07, 6.45) is 0. The van der Waals surface area contributed by atoms with Gasteiger partial charge >= 0.3 is 0 Å². The summed E-state index contributed by atoms with van der Waals surface area (Å²) in [6, 6.07) is 9.95. The van der Waals surface area contributed by atoms with Crippen LogP contribution in [-0.2, 0) is 0 Å². The predicted octanol–water partition coefficient (Wildman–Crippen LogP) is 2.78. The molecule has 2 N–H and O–H groups in total. The Hall–Kier alpha value is -1.90. The Morgan fingerprint density at radius 3 is 2.73 bits per heavy atom. The van der Waals surface area contributed by atoms with Crippen molar-refractivity contribution < 1.29 is 4.39 Å². The predicted molar refractivity (Wildman–Crippen MR) is 58.8 cm³/mol. The largest absolute Gasteiger partial charge is 0.384 e. The average Bonchev–Trinajstić information content (AvgIpc) is 2.22. The van der Waals surface area contributed by atoms with Gasteiger partial charge in [0, 0.05) is 5.56 Å². The van der Waals surface area contributed by atoms with Crippen LogP contribution < -0.4 is 5.73 Å². The van der Waals surface area contributed by atoms with Crippen LogP contribution in [0.25, 0.3) is 11.3 Å². The minimum absolute atomic E-state index is 0.267. The molecule has 1 aromatic heterocycles. The maximum absolute atomic E-state index is 13.0. The molecule has 0 unspecified atom stereocenters. The summed E-state index contributed by atoms with van der Waals surface area (Å²) in [4.78, 5) is 4.20. The summed E-state index contributed by atoms with van der Waals surface area (Å²) in [5, 5.41) is 0. The third-order valence-corrected chi connectivity index (χ3v) is 2.22. The van der Waals surface area contributed by atoms with Gasteiger partial charge in [0.1, 0.15) is 11.6 Å². The number of nitrogens with two attached hydrogens (primary N) is 1. The number of anilines is 1. The molecule has 3 heteroatoms. The highest BCUT2D eigenvalue weighted by atomic mass is 19.1. The number of nitrogen functional groups attached to an aromatic ring is 1. The smallest absolute Gasteiger partial charge is 0.124 e. The highest BCUT2D eigenvalue weighted by Gasteiger charge is 2.04. The molecule has 0 atom stereocenters. The van der Waals surface area contributed by atoms with E-state index < -0.39 is 0 Å². The molecule has 0 amide bonds. The van der Waals surface area contributed by atoms with Gasteiger partial charge < -0.3 is 5.73 Å². The second-order valence-corrected chi connectivity index (χ2v) is 3.41. The Labute approximate surface area is 87.6 Å². The number of aromatic nitrogens is 1. The van der Waals surface area contributed by atoms with Gasteiger partial charge in [-0.25, -0.2) is 9.37 Å². The molecule has 0 saturated carbocycles. The van der Waals surface area contributed by atoms with Crippen molar-refractivity contribution in [2.24, 2.45) is 0 Å². The Morgan fingerprint density at radius 1 is 1.20 bits per heavy atom. The SMILES string of the molecule is Cc1ccc(N)nc1-c1cccc(F)c1. The third kappa shape index (κ3) is 1.96. The average molecular weight is 202 g/mol. The fourth-order valence-corrected chi connectivity index (χ4v) is 1.47. The summed E-state index contributed by atoms with van der Waals surface area (Å²) < 4.78 is 13.0. The Morgan fingerprint density at radius 2 is 2.00 bits per heavy atom. The van der Waals surface area contributed by atoms with Crippen molar-refractivity contribution in [2.45, 2.75) is 6.92 Å². The molecule has 15 heavy (non-hydrogen) atoms. The molecule has 0 bridgehead atoms. The van der Waals surface area contributed by atoms with Gasteiger partial charge in [-0.3, -0.25) is 0 Å². The topological polar surface area (TPSA) is 38.9 Å². The fraction of sp³-hybridized carbons (Fsp3) is 0.0833. The van der Waals surface area contributed by atoms with Crippen LogP contribution in [0.4, 0.5) is 10.2 Å². The minimum atomic E-state index is -0.267. The lowest BCUT2D eigenvalue weighted by atomic mass is 10.1. The molecule has 2 rings (SSSR count). The van der Waals surface area contributed by atoms with Crippen LogP contribution in [0.3, 0.4) is 0 Å². The number of hydrogen-bond donors (Lipinski definition) is 1. The van der Waals surface area contributed by atoms with Crippen LogP contribution >= 0.6 is 0 Å². The van der Waals surface area contributed by atoms with E-state index in [0.29, 0.717) is 5.82 Å². The lowest BCUT2D eigenvalue weighted by Gasteiger charge is -2.05. The number of aryl methyl sites for hydroxylation is 1. The standard InChI is InChI=1S/C12H11FN2/c1-8-5-6-11(14)15-12(8)9-3-2-4-10(13)7-9/h2-7H,1H3,(H2,14,15). The van der Waals surface area contributed by atoms with Crippen molar-refractivity contribution in [1.29, 1.82) is 0 Å². The molecular weight excluding hydrogens is 191 g/mol. The van der Waals surface area contributed by atoms with E-state index in [-0.39, 0.29) is 5.82 Å². The molecule has 0 aliphatic carbocycles. The van der Waals surface area contributed by atoms with E-state index in [9.17, 15) is 4.39 Å². The lowest BCUT2D eigenvalue weighted by Crippen LogP contribution is -1.94. The first kappa shape index (κ1) is 9.65. The summed E-state index contributed by atoms with van der Waals surface area (Å²) >= 11 is 0. The fourth-order valence-electron chi connectivity index (χ4n) is 1.47. The highest BCUT2D eigenvalue weighted by Crippen LogP contribution is 2.22. The van der Waals surface area contributed by atoms with Gasteiger partial charge in [0.25, 0.3) is 0 Å². The van der Waals surface area contributed by atoms with E-state index in [1.165, 1.54) is 12.1 Å². The normalized spacial score (nSPS) is 10.3. The molecule has 0 fully saturated rings. The molecule has 0 radical (unpaired) electrons. The zero-order chi connectivity index (χ0) is 10.8. The van der Waals surface area contributed by atoms with Crippen molar-refractivity contribution in [2.75, 3.05) is 5.73 Å². The molecule has 2 nitrogen and oxygen atoms in total. The lowest BCUT2D eigenvalue weighted by molar-refractivity contribution is 0.628. The monoisotopic (exact) mass is 202 g/mol. The van der Waals surface area contributed by atoms with E-state index in [0.717, 1.165) is 16.8 Å². The van der Waals surface area contributed by atoms with Crippen molar-refractivity contribution in [1.82, 2.24) is 4.98 Å². The van der Waals surface area contributed by atoms with Gasteiger partial charge in [0.05, 0.1) is 5.69 Å². The van der Waals surface area contributed by atoms with Crippen LogP contribution in [0.15, 0.2) is 36.4 Å². The molecule has 2 aromatic rings. The van der Waals surface area contributed by atoms with Gasteiger partial charge in [-0.2, -0.15) is 0 Å². The van der Waals surface area contributed by atoms with Gasteiger partial charge in [-0.1, -0.05) is 18.2 Å². The molecular formula is C12H11FN2. The number of benzene rings is 1. The van der Waals surface area contributed by atoms with Crippen LogP contribution in [0.1, 0.15) is 5.56 Å². The van der Waals surface area contributed by atoms with E-state index in [1.54, 1.807) is 12.1 Å². The van der Waals surface area contributed by atoms with Crippen molar-refractivity contribution >= 4 is 5.82 Å². The number of rotatable bonds is 1. The minimum Gasteiger partial charge on any atom is -0.384 e. The Kier molecular flexibility index (Phi) is 2.37. The molecule has 0 spiro atoms. The van der Waals surface area contributed by atoms with E-state index in [2.05, 4.69) is 4.98 Å². The number of hydrogen-bond acceptors (Lipinski definition) is 2. The first-order chi connectivity index (χ1) is 7.16. The van der Waals surface area contributed by atoms with E-state index in [1.807, 2.05) is 19.1 Å². The number of pyridine rings is 1. The van der Waals surface area contributed by atoms with Gasteiger partial charge in [-0.05, 0) is 30.7 Å². The zero-order valence-electron chi connectivity index (χ0n) is 8.37. The molecule has 1 aromatic carbocycles. The molecule has 0 aliphatic rings. The number of nitrogens with zero attached hydrogens (tertiary/aromatic N) is 1. The van der Waals surface area contributed by atoms with Gasteiger partial charge in [-0.15, -0.1) is 0 Å². The second kappa shape index (κ2) is 3.69. The summed E-state index contributed by atoms with van der Waals surface area (Å²) in [7, 11) is 0. The molecule has 76 valence electrons. The van der Waals surface area contributed by atoms with E-state index in [4.69, 9.17) is 5.73 Å². The Bertz CT molecular complexity index is 495. The van der Waals surface area contributed by atoms with Crippen LogP contribution in [-0.4, -0.2) is 4.98 Å². The van der Waals surface area contributed by atoms with Crippen LogP contribution in [0, 0.1) is 12.7 Å². The van der Waals surface area contributed by atoms with Crippen molar-refractivity contribution in [3.63, 3.8) is 0 Å². The first-order valence-electron chi connectivity index (χ1n) is 4.66. The zero-order valence-corrected chi connectivity index (χ0v) is 8.37. The maximum atomic E-state index is 13.0. The molecule has 0 saturated heterocycles.